The van der Waals surface area contributed by atoms with Gasteiger partial charge in [-0.05, 0) is 80.4 Å². The largest absolute Gasteiger partial charge is 0.481 e. The molecule has 15 nitrogen and oxygen atoms in total. The van der Waals surface area contributed by atoms with Gasteiger partial charge < -0.3 is 42.3 Å². The van der Waals surface area contributed by atoms with E-state index in [1.807, 2.05) is 91.0 Å². The van der Waals surface area contributed by atoms with Gasteiger partial charge in [-0.25, -0.2) is 0 Å². The number of guanidine groups is 1. The van der Waals surface area contributed by atoms with Crippen LogP contribution in [-0.4, -0.2) is 94.8 Å². The number of carbonyl (C=O) groups excluding carboxylic acids is 5. The number of nitrogens with one attached hydrogen (secondary N) is 6. The third kappa shape index (κ3) is 12.9. The van der Waals surface area contributed by atoms with Gasteiger partial charge in [-0.1, -0.05) is 110 Å². The number of hydrogen-bond acceptors (Lipinski definition) is 7. The summed E-state index contributed by atoms with van der Waals surface area (Å²) in [6, 6.07) is 24.9. The summed E-state index contributed by atoms with van der Waals surface area (Å²) < 4.78 is 0. The summed E-state index contributed by atoms with van der Waals surface area (Å²) in [5.74, 6) is -4.30. The molecule has 6 atom stereocenters. The maximum absolute atomic E-state index is 14.5. The number of carbonyl (C=O) groups is 6. The van der Waals surface area contributed by atoms with Crippen molar-refractivity contribution in [2.24, 2.45) is 17.6 Å². The molecule has 0 spiro atoms. The van der Waals surface area contributed by atoms with Crippen molar-refractivity contribution in [3.8, 4) is 0 Å². The molecular weight excluding hydrogens is 801 g/mol. The van der Waals surface area contributed by atoms with Crippen LogP contribution < -0.4 is 32.3 Å². The molecule has 2 unspecified atom stereocenters. The lowest BCUT2D eigenvalue weighted by Gasteiger charge is -2.39. The Morgan fingerprint density at radius 1 is 0.730 bits per heavy atom. The lowest BCUT2D eigenvalue weighted by Crippen LogP contribution is -2.61. The molecule has 5 amide bonds. The van der Waals surface area contributed by atoms with E-state index in [1.54, 1.807) is 4.90 Å². The van der Waals surface area contributed by atoms with Gasteiger partial charge in [0.2, 0.25) is 29.5 Å². The second-order valence-electron chi connectivity index (χ2n) is 17.1. The highest BCUT2D eigenvalue weighted by molar-refractivity contribution is 5.97. The van der Waals surface area contributed by atoms with E-state index in [1.165, 1.54) is 0 Å². The number of carboxylic acid groups (broad SMARTS) is 1. The van der Waals surface area contributed by atoms with Crippen LogP contribution in [0.3, 0.4) is 0 Å². The van der Waals surface area contributed by atoms with Crippen LogP contribution in [-0.2, 0) is 35.2 Å². The monoisotopic (exact) mass is 862 g/mol. The van der Waals surface area contributed by atoms with Crippen molar-refractivity contribution in [3.05, 3.63) is 108 Å². The highest BCUT2D eigenvalue weighted by Crippen LogP contribution is 2.39. The zero-order valence-corrected chi connectivity index (χ0v) is 35.8. The zero-order chi connectivity index (χ0) is 44.7. The number of nitrogens with zero attached hydrogens (tertiary/aromatic N) is 1. The van der Waals surface area contributed by atoms with Crippen molar-refractivity contribution < 1.29 is 33.9 Å². The number of piperidine rings is 1. The Morgan fingerprint density at radius 3 is 1.98 bits per heavy atom. The molecule has 0 radical (unpaired) electrons. The maximum Gasteiger partial charge on any atom is 0.305 e. The fourth-order valence-corrected chi connectivity index (χ4v) is 9.59. The predicted molar refractivity (Wildman–Crippen MR) is 238 cm³/mol. The van der Waals surface area contributed by atoms with Gasteiger partial charge in [0.25, 0.3) is 0 Å². The van der Waals surface area contributed by atoms with Crippen molar-refractivity contribution in [2.75, 3.05) is 13.1 Å². The fraction of sp³-hybridized carbons (Fsp3) is 0.479. The normalized spacial score (nSPS) is 20.8. The van der Waals surface area contributed by atoms with E-state index >= 15 is 0 Å². The van der Waals surface area contributed by atoms with Crippen LogP contribution in [0.5, 0.6) is 0 Å². The Kier molecular flexibility index (Phi) is 16.7. The van der Waals surface area contributed by atoms with E-state index in [-0.39, 0.29) is 67.5 Å². The van der Waals surface area contributed by atoms with E-state index in [0.717, 1.165) is 48.8 Å². The number of aliphatic carboxylic acids is 1. The van der Waals surface area contributed by atoms with Crippen LogP contribution in [0.4, 0.5) is 0 Å². The highest BCUT2D eigenvalue weighted by atomic mass is 16.4. The minimum absolute atomic E-state index is 0.0483. The number of amides is 5. The number of fused-ring (bicyclic) bond motifs is 1. The number of hydrogen-bond donors (Lipinski definition) is 8. The number of carboxylic acids is 1. The smallest absolute Gasteiger partial charge is 0.305 e. The number of benzene rings is 3. The summed E-state index contributed by atoms with van der Waals surface area (Å²) >= 11 is 0. The van der Waals surface area contributed by atoms with Gasteiger partial charge in [-0.15, -0.1) is 0 Å². The maximum atomic E-state index is 14.5. The Morgan fingerprint density at radius 2 is 1.37 bits per heavy atom. The van der Waals surface area contributed by atoms with Crippen LogP contribution in [0.1, 0.15) is 99.7 Å². The summed E-state index contributed by atoms with van der Waals surface area (Å²) in [7, 11) is 0. The van der Waals surface area contributed by atoms with Gasteiger partial charge in [0.05, 0.1) is 6.42 Å². The Labute approximate surface area is 369 Å². The molecule has 3 aromatic carbocycles. The molecule has 63 heavy (non-hydrogen) atoms. The molecule has 3 fully saturated rings. The van der Waals surface area contributed by atoms with Gasteiger partial charge in [-0.2, -0.15) is 0 Å². The second-order valence-corrected chi connectivity index (χ2v) is 17.1. The lowest BCUT2D eigenvalue weighted by molar-refractivity contribution is -0.147. The molecule has 2 saturated heterocycles. The first-order valence-corrected chi connectivity index (χ1v) is 22.4. The minimum atomic E-state index is -1.46. The van der Waals surface area contributed by atoms with Crippen molar-refractivity contribution >= 4 is 41.5 Å². The van der Waals surface area contributed by atoms with Crippen LogP contribution in [0.15, 0.2) is 91.0 Å². The zero-order valence-electron chi connectivity index (χ0n) is 35.8. The Balaban J connectivity index is 1.17. The molecule has 0 bridgehead atoms. The summed E-state index contributed by atoms with van der Waals surface area (Å²) in [5.41, 5.74) is 8.66. The van der Waals surface area contributed by atoms with Gasteiger partial charge >= 0.3 is 5.97 Å². The lowest BCUT2D eigenvalue weighted by atomic mass is 9.86. The van der Waals surface area contributed by atoms with Gasteiger partial charge in [-0.3, -0.25) is 34.2 Å². The number of rotatable bonds is 20. The molecule has 336 valence electrons. The standard InChI is InChI=1S/C48H62N8O7/c49-48(50)52-26-13-22-37(45(61)55-39(30-42(57)58)44(60)51-27-25-36(32-16-7-2-8-17-32)33-18-9-3-10-19-33)53-46(62)41-29-35(28-31-14-5-1-6-15-31)40-24-23-38(47(63)56(40)41)54-43(59)34-20-11-4-12-21-34/h1-3,5-10,14-19,34-41H,4,11-13,20-30H2,(H,51,60)(H,53,62)(H,54,59)(H,55,61)(H,57,58)(H4,49,50,52)/t35-,37-,38?,39-,40?,41-/m0/s1. The first-order chi connectivity index (χ1) is 30.5. The van der Waals surface area contributed by atoms with Crippen molar-refractivity contribution in [1.29, 1.82) is 5.41 Å². The first kappa shape index (κ1) is 46.3. The minimum Gasteiger partial charge on any atom is -0.481 e. The fourth-order valence-electron chi connectivity index (χ4n) is 9.59. The van der Waals surface area contributed by atoms with E-state index in [9.17, 15) is 33.9 Å². The molecule has 3 aromatic rings. The summed E-state index contributed by atoms with van der Waals surface area (Å²) in [5, 5.41) is 31.4. The van der Waals surface area contributed by atoms with Crippen LogP contribution in [0, 0.1) is 17.2 Å². The van der Waals surface area contributed by atoms with Gasteiger partial charge in [0, 0.05) is 31.0 Å². The second kappa shape index (κ2) is 22.7. The number of nitrogens with two attached hydrogens (primary N) is 1. The van der Waals surface area contributed by atoms with Crippen molar-refractivity contribution in [3.63, 3.8) is 0 Å². The molecule has 0 aromatic heterocycles. The summed E-state index contributed by atoms with van der Waals surface area (Å²) in [4.78, 5) is 83.6. The highest BCUT2D eigenvalue weighted by Gasteiger charge is 2.51. The van der Waals surface area contributed by atoms with Crippen LogP contribution in [0.25, 0.3) is 0 Å². The molecule has 1 aliphatic carbocycles. The summed E-state index contributed by atoms with van der Waals surface area (Å²) in [6.07, 6.45) is 6.73. The van der Waals surface area contributed by atoms with E-state index in [4.69, 9.17) is 11.1 Å². The Hall–Kier alpha value is -6.25. The van der Waals surface area contributed by atoms with E-state index in [0.29, 0.717) is 32.1 Å². The third-order valence-corrected chi connectivity index (χ3v) is 12.8. The SMILES string of the molecule is N=C(N)NCCC[C@H](NC(=O)[C@@H]1C[C@H](Cc2ccccc2)C2CCC(NC(=O)C3CCCCC3)C(=O)N21)C(=O)N[C@@H](CC(=O)O)C(=O)NCCC(c1ccccc1)c1ccccc1. The topological polar surface area (TPSA) is 236 Å². The summed E-state index contributed by atoms with van der Waals surface area (Å²) in [6.45, 7) is 0.394. The van der Waals surface area contributed by atoms with Crippen LogP contribution in [0.2, 0.25) is 0 Å². The molecule has 2 heterocycles. The predicted octanol–water partition coefficient (Wildman–Crippen LogP) is 3.72. The average molecular weight is 863 g/mol. The van der Waals surface area contributed by atoms with E-state index in [2.05, 4.69) is 26.6 Å². The average Bonchev–Trinajstić information content (AvgIpc) is 3.66. The molecule has 6 rings (SSSR count). The van der Waals surface area contributed by atoms with Gasteiger partial charge in [0.15, 0.2) is 5.96 Å². The third-order valence-electron chi connectivity index (χ3n) is 12.8. The molecule has 2 aliphatic heterocycles. The first-order valence-electron chi connectivity index (χ1n) is 22.4. The quantitative estimate of drug-likeness (QED) is 0.0469. The van der Waals surface area contributed by atoms with Crippen molar-refractivity contribution in [2.45, 2.75) is 120 Å². The van der Waals surface area contributed by atoms with Crippen molar-refractivity contribution in [1.82, 2.24) is 31.5 Å². The molecule has 1 saturated carbocycles. The van der Waals surface area contributed by atoms with Crippen LogP contribution >= 0.6 is 0 Å². The van der Waals surface area contributed by atoms with E-state index < -0.39 is 54.3 Å². The molecule has 9 N–H and O–H groups in total. The molecular formula is C48H62N8O7. The Bertz CT molecular complexity index is 1990. The molecule has 3 aliphatic rings. The van der Waals surface area contributed by atoms with Gasteiger partial charge in [0.1, 0.15) is 24.2 Å². The molecule has 15 heteroatoms.